The third-order valence-corrected chi connectivity index (χ3v) is 6.48. The van der Waals surface area contributed by atoms with Gasteiger partial charge in [-0.25, -0.2) is 0 Å². The van der Waals surface area contributed by atoms with E-state index in [2.05, 4.69) is 86.6 Å². The maximum Gasteiger partial charge on any atom is 0.0159 e. The Morgan fingerprint density at radius 1 is 0.615 bits per heavy atom. The summed E-state index contributed by atoms with van der Waals surface area (Å²) < 4.78 is 0. The molecule has 0 unspecified atom stereocenters. The summed E-state index contributed by atoms with van der Waals surface area (Å²) in [6.07, 6.45) is 1.05. The Hall–Kier alpha value is -2.86. The van der Waals surface area contributed by atoms with Gasteiger partial charge < -0.3 is 0 Å². The van der Waals surface area contributed by atoms with E-state index in [1.807, 2.05) is 0 Å². The van der Waals surface area contributed by atoms with Crippen molar-refractivity contribution in [1.29, 1.82) is 0 Å². The second-order valence-corrected chi connectivity index (χ2v) is 8.19. The molecule has 0 nitrogen and oxygen atoms in total. The average Bonchev–Trinajstić information content (AvgIpc) is 3.16. The zero-order valence-electron chi connectivity index (χ0n) is 15.1. The lowest BCUT2D eigenvalue weighted by Crippen LogP contribution is -2.14. The minimum absolute atomic E-state index is 0.0638. The molecule has 6 rings (SSSR count). The largest absolute Gasteiger partial charge is 0.0619 e. The molecule has 0 bridgehead atoms. The Morgan fingerprint density at radius 2 is 1.35 bits per heavy atom. The van der Waals surface area contributed by atoms with Gasteiger partial charge in [0.15, 0.2) is 0 Å². The first-order chi connectivity index (χ1) is 12.7. The zero-order valence-corrected chi connectivity index (χ0v) is 15.1. The molecule has 0 saturated carbocycles. The van der Waals surface area contributed by atoms with Gasteiger partial charge in [-0.1, -0.05) is 86.6 Å². The van der Waals surface area contributed by atoms with Crippen molar-refractivity contribution in [3.05, 3.63) is 95.1 Å². The molecule has 0 heterocycles. The molecule has 2 aliphatic carbocycles. The van der Waals surface area contributed by atoms with Crippen LogP contribution in [0.4, 0.5) is 0 Å². The average molecular weight is 332 g/mol. The number of hydrogen-bond acceptors (Lipinski definition) is 0. The van der Waals surface area contributed by atoms with Crippen LogP contribution < -0.4 is 0 Å². The third-order valence-electron chi connectivity index (χ3n) is 6.48. The molecule has 0 amide bonds. The second kappa shape index (κ2) is 4.65. The van der Waals surface area contributed by atoms with E-state index in [1.165, 1.54) is 55.3 Å². The van der Waals surface area contributed by atoms with Crippen molar-refractivity contribution in [3.63, 3.8) is 0 Å². The van der Waals surface area contributed by atoms with Crippen molar-refractivity contribution in [2.45, 2.75) is 25.7 Å². The molecule has 0 N–H and O–H groups in total. The van der Waals surface area contributed by atoms with E-state index in [1.54, 1.807) is 0 Å². The summed E-state index contributed by atoms with van der Waals surface area (Å²) in [5.74, 6) is 0. The van der Waals surface area contributed by atoms with Crippen LogP contribution >= 0.6 is 0 Å². The molecule has 0 radical (unpaired) electrons. The number of benzene rings is 4. The molecule has 124 valence electrons. The summed E-state index contributed by atoms with van der Waals surface area (Å²) in [5.41, 5.74) is 11.8. The van der Waals surface area contributed by atoms with E-state index in [-0.39, 0.29) is 5.41 Å². The summed E-state index contributed by atoms with van der Waals surface area (Å²) in [4.78, 5) is 0. The number of fused-ring (bicyclic) bond motifs is 9. The van der Waals surface area contributed by atoms with Gasteiger partial charge >= 0.3 is 0 Å². The van der Waals surface area contributed by atoms with Crippen LogP contribution in [-0.4, -0.2) is 0 Å². The van der Waals surface area contributed by atoms with Crippen LogP contribution in [0.1, 0.15) is 36.1 Å². The molecule has 0 aliphatic heterocycles. The lowest BCUT2D eigenvalue weighted by Gasteiger charge is -2.21. The van der Waals surface area contributed by atoms with E-state index < -0.39 is 0 Å². The van der Waals surface area contributed by atoms with Crippen LogP contribution in [-0.2, 0) is 11.8 Å². The SMILES string of the molecule is CC1(C)c2ccccc2-c2c1ccc1c2-c2c(ccc3ccccc23)C1. The highest BCUT2D eigenvalue weighted by Gasteiger charge is 2.39. The molecule has 0 heteroatoms. The van der Waals surface area contributed by atoms with Gasteiger partial charge in [0.2, 0.25) is 0 Å². The molecule has 0 saturated heterocycles. The van der Waals surface area contributed by atoms with Crippen molar-refractivity contribution in [3.8, 4) is 22.3 Å². The van der Waals surface area contributed by atoms with Gasteiger partial charge in [-0.2, -0.15) is 0 Å². The summed E-state index contributed by atoms with van der Waals surface area (Å²) in [7, 11) is 0. The fourth-order valence-corrected chi connectivity index (χ4v) is 5.23. The standard InChI is InChI=1S/C26H20/c1-26(2)21-10-6-5-9-20(21)25-22(26)14-13-18-15-17-12-11-16-7-3-4-8-19(16)23(17)24(18)25/h3-14H,15H2,1-2H3. The normalized spacial score (nSPS) is 15.5. The maximum absolute atomic E-state index is 2.38. The second-order valence-electron chi connectivity index (χ2n) is 8.19. The van der Waals surface area contributed by atoms with Gasteiger partial charge in [0.05, 0.1) is 0 Å². The summed E-state index contributed by atoms with van der Waals surface area (Å²) in [6.45, 7) is 4.73. The van der Waals surface area contributed by atoms with Crippen LogP contribution in [0.25, 0.3) is 33.0 Å². The lowest BCUT2D eigenvalue weighted by molar-refractivity contribution is 0.660. The monoisotopic (exact) mass is 332 g/mol. The van der Waals surface area contributed by atoms with Crippen LogP contribution in [0.2, 0.25) is 0 Å². The van der Waals surface area contributed by atoms with E-state index in [4.69, 9.17) is 0 Å². The molecule has 0 aromatic heterocycles. The van der Waals surface area contributed by atoms with Crippen molar-refractivity contribution < 1.29 is 0 Å². The smallest absolute Gasteiger partial charge is 0.0159 e. The topological polar surface area (TPSA) is 0 Å². The Morgan fingerprint density at radius 3 is 2.27 bits per heavy atom. The minimum Gasteiger partial charge on any atom is -0.0619 e. The molecular formula is C26H20. The van der Waals surface area contributed by atoms with E-state index in [9.17, 15) is 0 Å². The van der Waals surface area contributed by atoms with Gasteiger partial charge in [-0.3, -0.25) is 0 Å². The van der Waals surface area contributed by atoms with Gasteiger partial charge in [0.1, 0.15) is 0 Å². The molecule has 0 atom stereocenters. The predicted octanol–water partition coefficient (Wildman–Crippen LogP) is 6.72. The molecule has 2 aliphatic rings. The quantitative estimate of drug-likeness (QED) is 0.295. The van der Waals surface area contributed by atoms with Gasteiger partial charge in [-0.15, -0.1) is 0 Å². The third kappa shape index (κ3) is 1.60. The van der Waals surface area contributed by atoms with Crippen LogP contribution in [0.5, 0.6) is 0 Å². The van der Waals surface area contributed by atoms with E-state index in [0.717, 1.165) is 6.42 Å². The fraction of sp³-hybridized carbons (Fsp3) is 0.154. The summed E-state index contributed by atoms with van der Waals surface area (Å²) in [5, 5.41) is 2.72. The van der Waals surface area contributed by atoms with E-state index >= 15 is 0 Å². The van der Waals surface area contributed by atoms with Gasteiger partial charge in [0, 0.05) is 5.41 Å². The van der Waals surface area contributed by atoms with Crippen molar-refractivity contribution in [2.24, 2.45) is 0 Å². The highest BCUT2D eigenvalue weighted by atomic mass is 14.4. The first-order valence-corrected chi connectivity index (χ1v) is 9.43. The zero-order chi connectivity index (χ0) is 17.5. The first kappa shape index (κ1) is 14.3. The van der Waals surface area contributed by atoms with Crippen LogP contribution in [0.15, 0.2) is 72.8 Å². The van der Waals surface area contributed by atoms with Gasteiger partial charge in [-0.05, 0) is 61.7 Å². The summed E-state index contributed by atoms with van der Waals surface area (Å²) in [6, 6.07) is 27.2. The van der Waals surface area contributed by atoms with Crippen LogP contribution in [0, 0.1) is 0 Å². The lowest BCUT2D eigenvalue weighted by atomic mass is 9.81. The maximum atomic E-state index is 2.38. The van der Waals surface area contributed by atoms with Crippen LogP contribution in [0.3, 0.4) is 0 Å². The highest BCUT2D eigenvalue weighted by Crippen LogP contribution is 2.56. The fourth-order valence-electron chi connectivity index (χ4n) is 5.23. The molecule has 26 heavy (non-hydrogen) atoms. The van der Waals surface area contributed by atoms with E-state index in [0.29, 0.717) is 0 Å². The minimum atomic E-state index is 0.0638. The highest BCUT2D eigenvalue weighted by molar-refractivity contribution is 6.07. The summed E-state index contributed by atoms with van der Waals surface area (Å²) >= 11 is 0. The Labute approximate surface area is 154 Å². The number of rotatable bonds is 0. The molecule has 0 spiro atoms. The Balaban J connectivity index is 1.80. The first-order valence-electron chi connectivity index (χ1n) is 9.43. The Bertz CT molecular complexity index is 1220. The Kier molecular flexibility index (Phi) is 2.56. The van der Waals surface area contributed by atoms with Crippen molar-refractivity contribution in [2.75, 3.05) is 0 Å². The number of hydrogen-bond donors (Lipinski definition) is 0. The predicted molar refractivity (Wildman–Crippen MR) is 110 cm³/mol. The molecule has 4 aromatic carbocycles. The van der Waals surface area contributed by atoms with Crippen molar-refractivity contribution >= 4 is 10.8 Å². The molecule has 4 aromatic rings. The van der Waals surface area contributed by atoms with Gasteiger partial charge in [0.25, 0.3) is 0 Å². The molecular weight excluding hydrogens is 312 g/mol. The molecule has 0 fully saturated rings. The van der Waals surface area contributed by atoms with Crippen molar-refractivity contribution in [1.82, 2.24) is 0 Å².